The first-order chi connectivity index (χ1) is 8.35. The van der Waals surface area contributed by atoms with E-state index in [0.717, 1.165) is 0 Å². The molecule has 0 bridgehead atoms. The van der Waals surface area contributed by atoms with Crippen LogP contribution in [0.15, 0.2) is 17.5 Å². The predicted molar refractivity (Wildman–Crippen MR) is 87.9 cm³/mol. The summed E-state index contributed by atoms with van der Waals surface area (Å²) in [5.41, 5.74) is 0. The van der Waals surface area contributed by atoms with Crippen LogP contribution in [0.4, 0.5) is 0 Å². The Morgan fingerprint density at radius 2 is 1.88 bits per heavy atom. The Hall–Kier alpha value is 0.360. The van der Waals surface area contributed by atoms with Crippen molar-refractivity contribution < 1.29 is 0 Å². The molecule has 2 rings (SSSR count). The Labute approximate surface area is 120 Å². The number of hydrogen-bond donors (Lipinski definition) is 0. The molecule has 0 amide bonds. The van der Waals surface area contributed by atoms with Crippen LogP contribution in [0.1, 0.15) is 36.1 Å². The van der Waals surface area contributed by atoms with Crippen molar-refractivity contribution >= 4 is 55.6 Å². The lowest BCUT2D eigenvalue weighted by atomic mass is 10.4. The molecule has 17 heavy (non-hydrogen) atoms. The van der Waals surface area contributed by atoms with E-state index in [1.807, 2.05) is 22.7 Å². The number of thiophene rings is 2. The molecule has 94 valence electrons. The van der Waals surface area contributed by atoms with Crippen LogP contribution in [0.25, 0.3) is 9.40 Å². The minimum absolute atomic E-state index is 0.652. The summed E-state index contributed by atoms with van der Waals surface area (Å²) in [7, 11) is 0. The van der Waals surface area contributed by atoms with E-state index in [4.69, 9.17) is 0 Å². The van der Waals surface area contributed by atoms with Crippen molar-refractivity contribution in [2.45, 2.75) is 31.3 Å². The molecule has 2 aromatic rings. The molecule has 2 heterocycles. The monoisotopic (exact) mass is 302 g/mol. The first kappa shape index (κ1) is 13.8. The first-order valence-electron chi connectivity index (χ1n) is 6.05. The molecular weight excluding hydrogens is 284 g/mol. The van der Waals surface area contributed by atoms with Crippen molar-refractivity contribution in [3.8, 4) is 0 Å². The second-order valence-corrected chi connectivity index (χ2v) is 8.87. The van der Waals surface area contributed by atoms with Gasteiger partial charge in [-0.15, -0.1) is 46.2 Å². The second kappa shape index (κ2) is 7.07. The Morgan fingerprint density at radius 1 is 1.18 bits per heavy atom. The molecule has 0 aliphatic carbocycles. The summed E-state index contributed by atoms with van der Waals surface area (Å²) in [6, 6.07) is 4.64. The van der Waals surface area contributed by atoms with Gasteiger partial charge in [0.25, 0.3) is 0 Å². The van der Waals surface area contributed by atoms with Crippen LogP contribution in [0.5, 0.6) is 0 Å². The van der Waals surface area contributed by atoms with Gasteiger partial charge in [-0.1, -0.05) is 13.8 Å². The molecule has 0 N–H and O–H groups in total. The molecule has 2 aromatic heterocycles. The number of hydrogen-bond acceptors (Lipinski definition) is 4. The maximum absolute atomic E-state index is 2.40. The average molecular weight is 303 g/mol. The minimum atomic E-state index is 0.652. The summed E-state index contributed by atoms with van der Waals surface area (Å²) in [5.74, 6) is 2.54. The molecule has 0 atom stereocenters. The normalized spacial score (nSPS) is 11.7. The van der Waals surface area contributed by atoms with Gasteiger partial charge in [-0.25, -0.2) is 0 Å². The van der Waals surface area contributed by atoms with Crippen LogP contribution in [0, 0.1) is 0 Å². The Balaban J connectivity index is 2.10. The van der Waals surface area contributed by atoms with E-state index in [2.05, 4.69) is 54.9 Å². The fourth-order valence-corrected chi connectivity index (χ4v) is 6.58. The Bertz CT molecular complexity index is 406. The van der Waals surface area contributed by atoms with Crippen LogP contribution in [0.3, 0.4) is 0 Å². The summed E-state index contributed by atoms with van der Waals surface area (Å²) in [6.07, 6.45) is 2.54. The zero-order valence-corrected chi connectivity index (χ0v) is 13.5. The van der Waals surface area contributed by atoms with Crippen molar-refractivity contribution in [3.63, 3.8) is 0 Å². The lowest BCUT2D eigenvalue weighted by molar-refractivity contribution is 1.10. The SMILES string of the molecule is CCCSC(SCCC)c1cc2ccsc2s1. The van der Waals surface area contributed by atoms with Gasteiger partial charge in [-0.3, -0.25) is 0 Å². The summed E-state index contributed by atoms with van der Waals surface area (Å²) < 4.78 is 2.14. The van der Waals surface area contributed by atoms with Gasteiger partial charge in [0.1, 0.15) is 0 Å². The van der Waals surface area contributed by atoms with E-state index in [9.17, 15) is 0 Å². The molecule has 0 aliphatic heterocycles. The van der Waals surface area contributed by atoms with E-state index in [1.54, 1.807) is 4.88 Å². The molecule has 4 heteroatoms. The van der Waals surface area contributed by atoms with E-state index < -0.39 is 0 Å². The predicted octanol–water partition coefficient (Wildman–Crippen LogP) is 6.25. The van der Waals surface area contributed by atoms with Crippen molar-refractivity contribution in [2.75, 3.05) is 11.5 Å². The maximum Gasteiger partial charge on any atom is 0.0868 e. The molecule has 0 saturated heterocycles. The summed E-state index contributed by atoms with van der Waals surface area (Å²) in [6.45, 7) is 4.53. The van der Waals surface area contributed by atoms with E-state index >= 15 is 0 Å². The van der Waals surface area contributed by atoms with E-state index in [-0.39, 0.29) is 0 Å². The maximum atomic E-state index is 2.40. The number of thioether (sulfide) groups is 2. The third-order valence-electron chi connectivity index (χ3n) is 2.35. The van der Waals surface area contributed by atoms with Crippen LogP contribution >= 0.6 is 46.2 Å². The van der Waals surface area contributed by atoms with Crippen molar-refractivity contribution in [3.05, 3.63) is 22.4 Å². The van der Waals surface area contributed by atoms with Gasteiger partial charge in [0.15, 0.2) is 0 Å². The highest BCUT2D eigenvalue weighted by molar-refractivity contribution is 8.16. The Kier molecular flexibility index (Phi) is 5.74. The third-order valence-corrected chi connectivity index (χ3v) is 8.13. The van der Waals surface area contributed by atoms with Gasteiger partial charge >= 0.3 is 0 Å². The van der Waals surface area contributed by atoms with Crippen LogP contribution in [0.2, 0.25) is 0 Å². The van der Waals surface area contributed by atoms with Crippen LogP contribution < -0.4 is 0 Å². The molecule has 0 saturated carbocycles. The van der Waals surface area contributed by atoms with Crippen molar-refractivity contribution in [1.82, 2.24) is 0 Å². The molecule has 0 aliphatic rings. The Morgan fingerprint density at radius 3 is 2.47 bits per heavy atom. The molecule has 0 nitrogen and oxygen atoms in total. The molecule has 0 spiro atoms. The molecular formula is C13H18S4. The van der Waals surface area contributed by atoms with Crippen molar-refractivity contribution in [1.29, 1.82) is 0 Å². The van der Waals surface area contributed by atoms with Gasteiger partial charge < -0.3 is 0 Å². The highest BCUT2D eigenvalue weighted by atomic mass is 32.2. The molecule has 0 radical (unpaired) electrons. The molecule has 0 fully saturated rings. The zero-order chi connectivity index (χ0) is 12.1. The lowest BCUT2D eigenvalue weighted by Gasteiger charge is -2.13. The van der Waals surface area contributed by atoms with Gasteiger partial charge in [0, 0.05) is 10.3 Å². The summed E-state index contributed by atoms with van der Waals surface area (Å²) in [4.78, 5) is 1.56. The fraction of sp³-hybridized carbons (Fsp3) is 0.538. The van der Waals surface area contributed by atoms with Crippen LogP contribution in [-0.2, 0) is 0 Å². The number of rotatable bonds is 7. The van der Waals surface area contributed by atoms with Gasteiger partial charge in [-0.05, 0) is 41.9 Å². The lowest BCUT2D eigenvalue weighted by Crippen LogP contribution is -1.89. The van der Waals surface area contributed by atoms with Gasteiger partial charge in [-0.2, -0.15) is 0 Å². The highest BCUT2D eigenvalue weighted by Gasteiger charge is 2.15. The van der Waals surface area contributed by atoms with Crippen LogP contribution in [-0.4, -0.2) is 11.5 Å². The topological polar surface area (TPSA) is 0 Å². The van der Waals surface area contributed by atoms with E-state index in [0.29, 0.717) is 4.58 Å². The zero-order valence-electron chi connectivity index (χ0n) is 10.3. The smallest absolute Gasteiger partial charge is 0.0868 e. The van der Waals surface area contributed by atoms with E-state index in [1.165, 1.54) is 33.7 Å². The second-order valence-electron chi connectivity index (χ2n) is 3.89. The van der Waals surface area contributed by atoms with Gasteiger partial charge in [0.05, 0.1) is 8.60 Å². The molecule has 0 unspecified atom stereocenters. The van der Waals surface area contributed by atoms with Crippen molar-refractivity contribution in [2.24, 2.45) is 0 Å². The number of fused-ring (bicyclic) bond motifs is 1. The standard InChI is InChI=1S/C13H18S4/c1-3-6-14-13(15-7-4-2)11-9-10-5-8-16-12(10)17-11/h5,8-9,13H,3-4,6-7H2,1-2H3. The highest BCUT2D eigenvalue weighted by Crippen LogP contribution is 2.45. The third kappa shape index (κ3) is 3.66. The average Bonchev–Trinajstić information content (AvgIpc) is 2.89. The quantitative estimate of drug-likeness (QED) is 0.555. The summed E-state index contributed by atoms with van der Waals surface area (Å²) in [5, 5.41) is 3.63. The fourth-order valence-electron chi connectivity index (χ4n) is 1.56. The minimum Gasteiger partial charge on any atom is -0.142 e. The van der Waals surface area contributed by atoms with Gasteiger partial charge in [0.2, 0.25) is 0 Å². The summed E-state index contributed by atoms with van der Waals surface area (Å²) >= 11 is 8.09. The molecule has 0 aromatic carbocycles. The first-order valence-corrected chi connectivity index (χ1v) is 9.84. The largest absolute Gasteiger partial charge is 0.142 e.